The van der Waals surface area contributed by atoms with Gasteiger partial charge in [0.25, 0.3) is 0 Å². The maximum atomic E-state index is 12.5. The van der Waals surface area contributed by atoms with Gasteiger partial charge in [0.15, 0.2) is 12.4 Å². The van der Waals surface area contributed by atoms with E-state index in [1.807, 2.05) is 49.4 Å². The van der Waals surface area contributed by atoms with Crippen molar-refractivity contribution in [3.05, 3.63) is 113 Å². The zero-order valence-corrected chi connectivity index (χ0v) is 17.4. The van der Waals surface area contributed by atoms with Crippen LogP contribution < -0.4 is 4.74 Å². The largest absolute Gasteiger partial charge is 0.454 e. The number of rotatable bonds is 6. The Hall–Kier alpha value is -4.25. The van der Waals surface area contributed by atoms with Crippen molar-refractivity contribution in [1.82, 2.24) is 0 Å². The first-order chi connectivity index (χ1) is 15.5. The second kappa shape index (κ2) is 9.27. The molecule has 32 heavy (non-hydrogen) atoms. The SMILES string of the molecule is Cc1ccc(C(=O)Oc2ccc(C(=O)COC(=O)c3cccc4ccccc34)cc2)cc1. The molecule has 5 nitrogen and oxygen atoms in total. The van der Waals surface area contributed by atoms with Gasteiger partial charge in [0, 0.05) is 5.56 Å². The average Bonchev–Trinajstić information content (AvgIpc) is 2.82. The molecular formula is C27H20O5. The fourth-order valence-corrected chi connectivity index (χ4v) is 3.26. The van der Waals surface area contributed by atoms with E-state index in [2.05, 4.69) is 0 Å². The van der Waals surface area contributed by atoms with E-state index in [4.69, 9.17) is 9.47 Å². The smallest absolute Gasteiger partial charge is 0.343 e. The van der Waals surface area contributed by atoms with Crippen LogP contribution >= 0.6 is 0 Å². The predicted octanol–water partition coefficient (Wildman–Crippen LogP) is 5.41. The highest BCUT2D eigenvalue weighted by atomic mass is 16.5. The van der Waals surface area contributed by atoms with Crippen molar-refractivity contribution in [2.45, 2.75) is 6.92 Å². The highest BCUT2D eigenvalue weighted by Gasteiger charge is 2.15. The second-order valence-electron chi connectivity index (χ2n) is 7.31. The van der Waals surface area contributed by atoms with Crippen molar-refractivity contribution in [2.24, 2.45) is 0 Å². The Bertz CT molecular complexity index is 1280. The van der Waals surface area contributed by atoms with Crippen LogP contribution in [-0.2, 0) is 4.74 Å². The number of ketones is 1. The Kier molecular flexibility index (Phi) is 6.08. The maximum Gasteiger partial charge on any atom is 0.343 e. The van der Waals surface area contributed by atoms with Gasteiger partial charge in [-0.15, -0.1) is 0 Å². The molecule has 0 atom stereocenters. The molecule has 0 spiro atoms. The van der Waals surface area contributed by atoms with E-state index < -0.39 is 11.9 Å². The van der Waals surface area contributed by atoms with Crippen molar-refractivity contribution < 1.29 is 23.9 Å². The maximum absolute atomic E-state index is 12.5. The zero-order chi connectivity index (χ0) is 22.5. The van der Waals surface area contributed by atoms with E-state index in [0.717, 1.165) is 16.3 Å². The highest BCUT2D eigenvalue weighted by molar-refractivity contribution is 6.06. The molecule has 0 heterocycles. The molecule has 0 aliphatic rings. The van der Waals surface area contributed by atoms with E-state index in [-0.39, 0.29) is 12.4 Å². The summed E-state index contributed by atoms with van der Waals surface area (Å²) in [7, 11) is 0. The molecule has 4 aromatic carbocycles. The summed E-state index contributed by atoms with van der Waals surface area (Å²) in [6.07, 6.45) is 0. The summed E-state index contributed by atoms with van der Waals surface area (Å²) in [5.74, 6) is -1.07. The minimum Gasteiger partial charge on any atom is -0.454 e. The van der Waals surface area contributed by atoms with E-state index in [0.29, 0.717) is 22.4 Å². The Labute approximate surface area is 185 Å². The topological polar surface area (TPSA) is 69.7 Å². The molecule has 0 aliphatic heterocycles. The van der Waals surface area contributed by atoms with E-state index in [1.165, 1.54) is 24.3 Å². The number of fused-ring (bicyclic) bond motifs is 1. The summed E-state index contributed by atoms with van der Waals surface area (Å²) in [6.45, 7) is 1.55. The normalized spacial score (nSPS) is 10.5. The molecule has 0 radical (unpaired) electrons. The molecule has 0 amide bonds. The minimum absolute atomic E-state index is 0.319. The van der Waals surface area contributed by atoms with Crippen molar-refractivity contribution in [2.75, 3.05) is 6.61 Å². The van der Waals surface area contributed by atoms with Gasteiger partial charge in [-0.05, 0) is 60.2 Å². The minimum atomic E-state index is -0.557. The summed E-state index contributed by atoms with van der Waals surface area (Å²) in [6, 6.07) is 26.0. The zero-order valence-electron chi connectivity index (χ0n) is 17.4. The molecule has 4 aromatic rings. The van der Waals surface area contributed by atoms with Crippen LogP contribution in [0.4, 0.5) is 0 Å². The number of Topliss-reactive ketones (excluding diaryl/α,β-unsaturated/α-hetero) is 1. The third kappa shape index (κ3) is 4.73. The molecule has 0 bridgehead atoms. The number of aryl methyl sites for hydroxylation is 1. The average molecular weight is 424 g/mol. The third-order valence-electron chi connectivity index (χ3n) is 5.02. The number of esters is 2. The van der Waals surface area contributed by atoms with Crippen molar-refractivity contribution in [3.8, 4) is 5.75 Å². The number of carbonyl (C=O) groups is 3. The fraction of sp³-hybridized carbons (Fsp3) is 0.0741. The highest BCUT2D eigenvalue weighted by Crippen LogP contribution is 2.20. The van der Waals surface area contributed by atoms with Crippen molar-refractivity contribution in [3.63, 3.8) is 0 Å². The van der Waals surface area contributed by atoms with Gasteiger partial charge in [-0.3, -0.25) is 4.79 Å². The Morgan fingerprint density at radius 2 is 1.34 bits per heavy atom. The summed E-state index contributed by atoms with van der Waals surface area (Å²) >= 11 is 0. The summed E-state index contributed by atoms with van der Waals surface area (Å²) < 4.78 is 10.6. The lowest BCUT2D eigenvalue weighted by molar-refractivity contribution is 0.0476. The number of ether oxygens (including phenoxy) is 2. The number of carbonyl (C=O) groups excluding carboxylic acids is 3. The molecule has 158 valence electrons. The van der Waals surface area contributed by atoms with Crippen LogP contribution in [-0.4, -0.2) is 24.3 Å². The molecule has 0 fully saturated rings. The molecule has 4 rings (SSSR count). The van der Waals surface area contributed by atoms with Gasteiger partial charge in [-0.25, -0.2) is 9.59 Å². The Balaban J connectivity index is 1.37. The Morgan fingerprint density at radius 3 is 2.09 bits per heavy atom. The molecular weight excluding hydrogens is 404 g/mol. The van der Waals surface area contributed by atoms with Crippen LogP contribution in [0.1, 0.15) is 36.6 Å². The first kappa shape index (κ1) is 21.0. The molecule has 0 aliphatic carbocycles. The molecule has 0 unspecified atom stereocenters. The van der Waals surface area contributed by atoms with E-state index in [1.54, 1.807) is 24.3 Å². The molecule has 0 saturated carbocycles. The lowest BCUT2D eigenvalue weighted by Gasteiger charge is -2.08. The van der Waals surface area contributed by atoms with Gasteiger partial charge in [-0.2, -0.15) is 0 Å². The molecule has 0 N–H and O–H groups in total. The van der Waals surface area contributed by atoms with Crippen LogP contribution in [0.5, 0.6) is 5.75 Å². The van der Waals surface area contributed by atoms with Crippen LogP contribution in [0.25, 0.3) is 10.8 Å². The molecule has 0 aromatic heterocycles. The fourth-order valence-electron chi connectivity index (χ4n) is 3.26. The first-order valence-corrected chi connectivity index (χ1v) is 10.1. The number of benzene rings is 4. The van der Waals surface area contributed by atoms with Gasteiger partial charge in [0.05, 0.1) is 11.1 Å². The summed E-state index contributed by atoms with van der Waals surface area (Å²) in [5, 5.41) is 1.69. The van der Waals surface area contributed by atoms with Crippen LogP contribution in [0, 0.1) is 6.92 Å². The Morgan fingerprint density at radius 1 is 0.688 bits per heavy atom. The van der Waals surface area contributed by atoms with Gasteiger partial charge < -0.3 is 9.47 Å². The quantitative estimate of drug-likeness (QED) is 0.235. The van der Waals surface area contributed by atoms with Crippen LogP contribution in [0.15, 0.2) is 91.0 Å². The van der Waals surface area contributed by atoms with E-state index in [9.17, 15) is 14.4 Å². The summed E-state index contributed by atoms with van der Waals surface area (Å²) in [4.78, 5) is 37.1. The molecule has 0 saturated heterocycles. The number of hydrogen-bond acceptors (Lipinski definition) is 5. The first-order valence-electron chi connectivity index (χ1n) is 10.1. The number of hydrogen-bond donors (Lipinski definition) is 0. The van der Waals surface area contributed by atoms with E-state index >= 15 is 0 Å². The lowest BCUT2D eigenvalue weighted by Crippen LogP contribution is -2.14. The predicted molar refractivity (Wildman–Crippen MR) is 121 cm³/mol. The van der Waals surface area contributed by atoms with Crippen molar-refractivity contribution in [1.29, 1.82) is 0 Å². The standard InChI is InChI=1S/C27H20O5/c1-18-9-11-21(12-10-18)26(29)32-22-15-13-20(14-16-22)25(28)17-31-27(30)24-8-4-6-19-5-2-3-7-23(19)24/h2-16H,17H2,1H3. The molecule has 5 heteroatoms. The van der Waals surface area contributed by atoms with Gasteiger partial charge >= 0.3 is 11.9 Å². The third-order valence-corrected chi connectivity index (χ3v) is 5.02. The summed E-state index contributed by atoms with van der Waals surface area (Å²) in [5.41, 5.74) is 2.25. The van der Waals surface area contributed by atoms with Gasteiger partial charge in [0.1, 0.15) is 5.75 Å². The van der Waals surface area contributed by atoms with Gasteiger partial charge in [-0.1, -0.05) is 54.1 Å². The lowest BCUT2D eigenvalue weighted by atomic mass is 10.0. The van der Waals surface area contributed by atoms with Crippen molar-refractivity contribution >= 4 is 28.5 Å². The van der Waals surface area contributed by atoms with Gasteiger partial charge in [0.2, 0.25) is 0 Å². The van der Waals surface area contributed by atoms with Crippen LogP contribution in [0.3, 0.4) is 0 Å². The monoisotopic (exact) mass is 424 g/mol. The van der Waals surface area contributed by atoms with Crippen LogP contribution in [0.2, 0.25) is 0 Å². The second-order valence-corrected chi connectivity index (χ2v) is 7.31.